The van der Waals surface area contributed by atoms with Gasteiger partial charge in [-0.2, -0.15) is 0 Å². The standard InChI is InChI=1S/C26H32N4O4S2/c1-16-11-17(2)13-18(12-16)34-14-21-28-29-26(30(21)3)35-15-22(31)27-24-23(25(32)33-4)19-9-7-5-6-8-10-20(19)36-24/h11-13H,5-10,14-15H2,1-4H3,(H,27,31). The van der Waals surface area contributed by atoms with Gasteiger partial charge in [0.25, 0.3) is 0 Å². The number of methoxy groups -OCH3 is 1. The highest BCUT2D eigenvalue weighted by molar-refractivity contribution is 7.99. The average molecular weight is 529 g/mol. The third-order valence-electron chi connectivity index (χ3n) is 6.13. The van der Waals surface area contributed by atoms with E-state index >= 15 is 0 Å². The van der Waals surface area contributed by atoms with E-state index in [1.54, 1.807) is 0 Å². The van der Waals surface area contributed by atoms with Crippen LogP contribution in [0.15, 0.2) is 23.4 Å². The van der Waals surface area contributed by atoms with Crippen molar-refractivity contribution in [2.24, 2.45) is 7.05 Å². The van der Waals surface area contributed by atoms with Crippen molar-refractivity contribution in [3.05, 3.63) is 51.2 Å². The highest BCUT2D eigenvalue weighted by atomic mass is 32.2. The van der Waals surface area contributed by atoms with Gasteiger partial charge in [0.05, 0.1) is 18.4 Å². The summed E-state index contributed by atoms with van der Waals surface area (Å²) < 4.78 is 12.8. The number of amides is 1. The fourth-order valence-corrected chi connectivity index (χ4v) is 6.40. The van der Waals surface area contributed by atoms with Crippen LogP contribution in [0.3, 0.4) is 0 Å². The van der Waals surface area contributed by atoms with Crippen LogP contribution in [-0.4, -0.2) is 39.5 Å². The first-order chi connectivity index (χ1) is 17.4. The van der Waals surface area contributed by atoms with E-state index in [0.717, 1.165) is 54.5 Å². The number of nitrogens with one attached hydrogen (secondary N) is 1. The number of thioether (sulfide) groups is 1. The van der Waals surface area contributed by atoms with Crippen molar-refractivity contribution in [2.45, 2.75) is 64.1 Å². The summed E-state index contributed by atoms with van der Waals surface area (Å²) in [5.41, 5.74) is 3.83. The summed E-state index contributed by atoms with van der Waals surface area (Å²) in [6.07, 6.45) is 6.26. The van der Waals surface area contributed by atoms with Gasteiger partial charge in [-0.15, -0.1) is 21.5 Å². The Bertz CT molecular complexity index is 1230. The van der Waals surface area contributed by atoms with Gasteiger partial charge in [-0.3, -0.25) is 4.79 Å². The molecule has 0 fully saturated rings. The van der Waals surface area contributed by atoms with Gasteiger partial charge < -0.3 is 19.4 Å². The van der Waals surface area contributed by atoms with Crippen molar-refractivity contribution in [2.75, 3.05) is 18.2 Å². The number of rotatable bonds is 8. The van der Waals surface area contributed by atoms with Crippen LogP contribution < -0.4 is 10.1 Å². The molecule has 0 saturated carbocycles. The Morgan fingerprint density at radius 1 is 1.08 bits per heavy atom. The van der Waals surface area contributed by atoms with Crippen LogP contribution >= 0.6 is 23.1 Å². The first-order valence-corrected chi connectivity index (χ1v) is 13.9. The van der Waals surface area contributed by atoms with E-state index in [1.165, 1.54) is 41.5 Å². The summed E-state index contributed by atoms with van der Waals surface area (Å²) in [7, 11) is 3.24. The van der Waals surface area contributed by atoms with Crippen LogP contribution in [0.5, 0.6) is 5.75 Å². The third-order valence-corrected chi connectivity index (χ3v) is 8.36. The summed E-state index contributed by atoms with van der Waals surface area (Å²) in [6.45, 7) is 4.34. The molecule has 1 aliphatic rings. The number of fused-ring (bicyclic) bond motifs is 1. The van der Waals surface area contributed by atoms with E-state index in [2.05, 4.69) is 21.6 Å². The molecule has 2 aromatic heterocycles. The summed E-state index contributed by atoms with van der Waals surface area (Å²) in [5.74, 6) is 1.01. The lowest BCUT2D eigenvalue weighted by molar-refractivity contribution is -0.113. The van der Waals surface area contributed by atoms with Crippen LogP contribution in [0.25, 0.3) is 0 Å². The topological polar surface area (TPSA) is 95.3 Å². The molecule has 0 saturated heterocycles. The van der Waals surface area contributed by atoms with Gasteiger partial charge in [0.15, 0.2) is 11.0 Å². The molecule has 1 aromatic carbocycles. The Morgan fingerprint density at radius 3 is 2.53 bits per heavy atom. The number of hydrogen-bond acceptors (Lipinski definition) is 8. The third kappa shape index (κ3) is 6.28. The molecule has 0 atom stereocenters. The fourth-order valence-electron chi connectivity index (χ4n) is 4.38. The fraction of sp³-hybridized carbons (Fsp3) is 0.462. The van der Waals surface area contributed by atoms with E-state index in [1.807, 2.05) is 37.6 Å². The van der Waals surface area contributed by atoms with Crippen LogP contribution in [0.4, 0.5) is 5.00 Å². The Labute approximate surface area is 219 Å². The first-order valence-electron chi connectivity index (χ1n) is 12.1. The van der Waals surface area contributed by atoms with Crippen molar-refractivity contribution in [1.82, 2.24) is 14.8 Å². The van der Waals surface area contributed by atoms with E-state index < -0.39 is 5.97 Å². The normalized spacial score (nSPS) is 13.4. The Hall–Kier alpha value is -2.85. The molecule has 10 heteroatoms. The lowest BCUT2D eigenvalue weighted by atomic mass is 9.96. The Balaban J connectivity index is 1.39. The van der Waals surface area contributed by atoms with Crippen LogP contribution in [-0.2, 0) is 36.0 Å². The molecule has 2 heterocycles. The summed E-state index contributed by atoms with van der Waals surface area (Å²) in [4.78, 5) is 26.6. The van der Waals surface area contributed by atoms with Gasteiger partial charge in [-0.1, -0.05) is 30.7 Å². The predicted molar refractivity (Wildman–Crippen MR) is 142 cm³/mol. The minimum absolute atomic E-state index is 0.146. The second-order valence-corrected chi connectivity index (χ2v) is 11.1. The van der Waals surface area contributed by atoms with E-state index in [0.29, 0.717) is 21.5 Å². The zero-order valence-corrected chi connectivity index (χ0v) is 22.8. The van der Waals surface area contributed by atoms with E-state index in [4.69, 9.17) is 9.47 Å². The summed E-state index contributed by atoms with van der Waals surface area (Å²) in [5, 5.41) is 12.6. The van der Waals surface area contributed by atoms with Gasteiger partial charge in [-0.25, -0.2) is 4.79 Å². The van der Waals surface area contributed by atoms with Crippen molar-refractivity contribution < 1.29 is 19.1 Å². The zero-order chi connectivity index (χ0) is 25.7. The summed E-state index contributed by atoms with van der Waals surface area (Å²) in [6, 6.07) is 6.06. The highest BCUT2D eigenvalue weighted by Crippen LogP contribution is 2.37. The van der Waals surface area contributed by atoms with Gasteiger partial charge in [-0.05, 0) is 68.4 Å². The molecule has 0 bridgehead atoms. The molecule has 1 amide bonds. The lowest BCUT2D eigenvalue weighted by Gasteiger charge is -2.11. The van der Waals surface area contributed by atoms with Gasteiger partial charge in [0.1, 0.15) is 17.4 Å². The number of thiophene rings is 1. The number of ether oxygens (including phenoxy) is 2. The maximum Gasteiger partial charge on any atom is 0.341 e. The van der Waals surface area contributed by atoms with Crippen molar-refractivity contribution in [3.63, 3.8) is 0 Å². The van der Waals surface area contributed by atoms with Gasteiger partial charge >= 0.3 is 5.97 Å². The van der Waals surface area contributed by atoms with Crippen molar-refractivity contribution in [1.29, 1.82) is 0 Å². The number of aryl methyl sites for hydroxylation is 3. The average Bonchev–Trinajstić information content (AvgIpc) is 3.34. The number of anilines is 1. The molecule has 0 aliphatic heterocycles. The maximum atomic E-state index is 12.8. The number of hydrogen-bond donors (Lipinski definition) is 1. The van der Waals surface area contributed by atoms with Crippen LogP contribution in [0.1, 0.15) is 63.4 Å². The minimum atomic E-state index is -0.391. The van der Waals surface area contributed by atoms with Crippen LogP contribution in [0.2, 0.25) is 0 Å². The molecular formula is C26H32N4O4S2. The Kier molecular flexibility index (Phi) is 8.68. The van der Waals surface area contributed by atoms with Crippen molar-refractivity contribution in [3.8, 4) is 5.75 Å². The molecule has 36 heavy (non-hydrogen) atoms. The molecule has 192 valence electrons. The monoisotopic (exact) mass is 528 g/mol. The van der Waals surface area contributed by atoms with E-state index in [-0.39, 0.29) is 18.3 Å². The second-order valence-electron chi connectivity index (χ2n) is 9.02. The molecule has 0 radical (unpaired) electrons. The lowest BCUT2D eigenvalue weighted by Crippen LogP contribution is -2.16. The van der Waals surface area contributed by atoms with Crippen molar-refractivity contribution >= 4 is 40.0 Å². The highest BCUT2D eigenvalue weighted by Gasteiger charge is 2.26. The largest absolute Gasteiger partial charge is 0.486 e. The molecule has 1 aliphatic carbocycles. The number of esters is 1. The number of nitrogens with zero attached hydrogens (tertiary/aromatic N) is 3. The number of carbonyl (C=O) groups excluding carboxylic acids is 2. The smallest absolute Gasteiger partial charge is 0.341 e. The molecule has 8 nitrogen and oxygen atoms in total. The number of carbonyl (C=O) groups is 2. The number of benzene rings is 1. The first kappa shape index (κ1) is 26.2. The summed E-state index contributed by atoms with van der Waals surface area (Å²) >= 11 is 2.79. The second kappa shape index (κ2) is 11.9. The molecule has 1 N–H and O–H groups in total. The SMILES string of the molecule is COC(=O)c1c(NC(=O)CSc2nnc(COc3cc(C)cc(C)c3)n2C)sc2c1CCCCCC2. The minimum Gasteiger partial charge on any atom is -0.486 e. The molecular weight excluding hydrogens is 496 g/mol. The molecule has 0 spiro atoms. The Morgan fingerprint density at radius 2 is 1.81 bits per heavy atom. The maximum absolute atomic E-state index is 12.8. The molecule has 0 unspecified atom stereocenters. The van der Waals surface area contributed by atoms with Gasteiger partial charge in [0, 0.05) is 11.9 Å². The molecule has 4 rings (SSSR count). The van der Waals surface area contributed by atoms with E-state index in [9.17, 15) is 9.59 Å². The predicted octanol–water partition coefficient (Wildman–Crippen LogP) is 5.25. The van der Waals surface area contributed by atoms with Crippen LogP contribution in [0, 0.1) is 13.8 Å². The molecule has 3 aromatic rings. The number of aromatic nitrogens is 3. The quantitative estimate of drug-likeness (QED) is 0.315. The zero-order valence-electron chi connectivity index (χ0n) is 21.2. The van der Waals surface area contributed by atoms with Gasteiger partial charge in [0.2, 0.25) is 5.91 Å².